The minimum Gasteiger partial charge on any atom is -0.294 e. The van der Waals surface area contributed by atoms with E-state index in [1.165, 1.54) is 13.0 Å². The zero-order chi connectivity index (χ0) is 17.0. The SMILES string of the molecule is Cc1cc(C(=O)C2CC3CCC(C2)S3(=O)=O)cc(C(F)(F)F)c1. The summed E-state index contributed by atoms with van der Waals surface area (Å²) in [6, 6.07) is 3.33. The van der Waals surface area contributed by atoms with Gasteiger partial charge >= 0.3 is 6.18 Å². The number of hydrogen-bond acceptors (Lipinski definition) is 3. The molecule has 2 heterocycles. The van der Waals surface area contributed by atoms with Gasteiger partial charge in [-0.05, 0) is 56.4 Å². The maximum absolute atomic E-state index is 12.9. The average molecular weight is 346 g/mol. The van der Waals surface area contributed by atoms with Crippen LogP contribution < -0.4 is 0 Å². The molecule has 2 saturated heterocycles. The molecule has 2 atom stereocenters. The Hall–Kier alpha value is -1.37. The van der Waals surface area contributed by atoms with E-state index < -0.39 is 38.0 Å². The van der Waals surface area contributed by atoms with Crippen molar-refractivity contribution in [1.29, 1.82) is 0 Å². The minimum absolute atomic E-state index is 0.0287. The monoisotopic (exact) mass is 346 g/mol. The lowest BCUT2D eigenvalue weighted by molar-refractivity contribution is -0.137. The van der Waals surface area contributed by atoms with E-state index in [1.54, 1.807) is 0 Å². The Morgan fingerprint density at radius 3 is 2.17 bits per heavy atom. The van der Waals surface area contributed by atoms with Crippen molar-refractivity contribution in [3.8, 4) is 0 Å². The van der Waals surface area contributed by atoms with Gasteiger partial charge in [0.05, 0.1) is 16.1 Å². The molecule has 7 heteroatoms. The summed E-state index contributed by atoms with van der Waals surface area (Å²) in [4.78, 5) is 12.6. The second-order valence-electron chi connectivity index (χ2n) is 6.53. The first-order chi connectivity index (χ1) is 10.6. The van der Waals surface area contributed by atoms with Crippen LogP contribution in [0.3, 0.4) is 0 Å². The van der Waals surface area contributed by atoms with Crippen LogP contribution in [0.25, 0.3) is 0 Å². The van der Waals surface area contributed by atoms with Crippen LogP contribution in [0, 0.1) is 12.8 Å². The molecule has 1 aromatic carbocycles. The number of rotatable bonds is 2. The van der Waals surface area contributed by atoms with Crippen molar-refractivity contribution in [3.05, 3.63) is 34.9 Å². The highest BCUT2D eigenvalue weighted by atomic mass is 32.2. The smallest absolute Gasteiger partial charge is 0.294 e. The topological polar surface area (TPSA) is 51.2 Å². The van der Waals surface area contributed by atoms with Gasteiger partial charge in [-0.2, -0.15) is 13.2 Å². The van der Waals surface area contributed by atoms with Crippen LogP contribution in [0.1, 0.15) is 47.2 Å². The molecule has 2 aliphatic heterocycles. The molecule has 2 fully saturated rings. The van der Waals surface area contributed by atoms with E-state index in [1.807, 2.05) is 0 Å². The first-order valence-electron chi connectivity index (χ1n) is 7.55. The first-order valence-corrected chi connectivity index (χ1v) is 9.16. The van der Waals surface area contributed by atoms with Crippen LogP contribution in [-0.4, -0.2) is 24.7 Å². The highest BCUT2D eigenvalue weighted by Gasteiger charge is 2.48. The highest BCUT2D eigenvalue weighted by Crippen LogP contribution is 2.42. The predicted octanol–water partition coefficient (Wildman–Crippen LogP) is 3.55. The minimum atomic E-state index is -4.50. The molecule has 126 valence electrons. The normalized spacial score (nSPS) is 29.5. The molecule has 0 saturated carbocycles. The Kier molecular flexibility index (Phi) is 3.82. The Morgan fingerprint density at radius 2 is 1.65 bits per heavy atom. The summed E-state index contributed by atoms with van der Waals surface area (Å²) in [5.74, 6) is -0.870. The number of aryl methyl sites for hydroxylation is 1. The lowest BCUT2D eigenvalue weighted by Gasteiger charge is -2.27. The molecule has 2 bridgehead atoms. The van der Waals surface area contributed by atoms with Crippen LogP contribution in [-0.2, 0) is 16.0 Å². The second-order valence-corrected chi connectivity index (χ2v) is 9.04. The van der Waals surface area contributed by atoms with Crippen molar-refractivity contribution in [2.75, 3.05) is 0 Å². The number of alkyl halides is 3. The van der Waals surface area contributed by atoms with Crippen molar-refractivity contribution in [2.45, 2.75) is 49.3 Å². The Bertz CT molecular complexity index is 732. The summed E-state index contributed by atoms with van der Waals surface area (Å²) in [5.41, 5.74) is -0.442. The maximum atomic E-state index is 12.9. The Labute approximate surface area is 132 Å². The fourth-order valence-corrected chi connectivity index (χ4v) is 6.22. The van der Waals surface area contributed by atoms with E-state index in [-0.39, 0.29) is 24.2 Å². The standard InChI is InChI=1S/C16H17F3O3S/c1-9-4-10(6-12(5-9)16(17,18)19)15(20)11-7-13-2-3-14(8-11)23(13,21)22/h4-6,11,13-14H,2-3,7-8H2,1H3. The molecule has 0 radical (unpaired) electrons. The van der Waals surface area contributed by atoms with E-state index in [0.29, 0.717) is 18.4 Å². The van der Waals surface area contributed by atoms with Gasteiger partial charge in [0.1, 0.15) is 0 Å². The van der Waals surface area contributed by atoms with Crippen molar-refractivity contribution < 1.29 is 26.4 Å². The summed E-state index contributed by atoms with van der Waals surface area (Å²) in [5, 5.41) is -1.02. The molecule has 2 unspecified atom stereocenters. The van der Waals surface area contributed by atoms with Crippen molar-refractivity contribution >= 4 is 15.6 Å². The van der Waals surface area contributed by atoms with Gasteiger partial charge in [-0.3, -0.25) is 4.79 Å². The average Bonchev–Trinajstić information content (AvgIpc) is 2.65. The molecule has 0 aromatic heterocycles. The van der Waals surface area contributed by atoms with Crippen molar-refractivity contribution in [2.24, 2.45) is 5.92 Å². The van der Waals surface area contributed by atoms with Crippen LogP contribution in [0.15, 0.2) is 18.2 Å². The number of fused-ring (bicyclic) bond motifs is 2. The lowest BCUT2D eigenvalue weighted by Crippen LogP contribution is -2.36. The Balaban J connectivity index is 1.89. The summed E-state index contributed by atoms with van der Waals surface area (Å²) in [7, 11) is -3.15. The van der Waals surface area contributed by atoms with E-state index in [2.05, 4.69) is 0 Å². The molecular weight excluding hydrogens is 329 g/mol. The largest absolute Gasteiger partial charge is 0.416 e. The van der Waals surface area contributed by atoms with Gasteiger partial charge in [-0.15, -0.1) is 0 Å². The molecule has 0 spiro atoms. The van der Waals surface area contributed by atoms with E-state index >= 15 is 0 Å². The molecule has 3 nitrogen and oxygen atoms in total. The second kappa shape index (κ2) is 5.33. The number of benzene rings is 1. The molecule has 1 aromatic rings. The summed E-state index contributed by atoms with van der Waals surface area (Å²) >= 11 is 0. The van der Waals surface area contributed by atoms with Gasteiger partial charge in [-0.25, -0.2) is 8.42 Å². The van der Waals surface area contributed by atoms with E-state index in [4.69, 9.17) is 0 Å². The Morgan fingerprint density at radius 1 is 1.09 bits per heavy atom. The van der Waals surface area contributed by atoms with Gasteiger partial charge in [-0.1, -0.05) is 0 Å². The van der Waals surface area contributed by atoms with Gasteiger partial charge in [0.25, 0.3) is 0 Å². The number of ketones is 1. The lowest BCUT2D eigenvalue weighted by atomic mass is 9.89. The zero-order valence-corrected chi connectivity index (χ0v) is 13.4. The summed E-state index contributed by atoms with van der Waals surface area (Å²) in [6.07, 6.45) is -2.94. The van der Waals surface area contributed by atoms with Crippen molar-refractivity contribution in [3.63, 3.8) is 0 Å². The number of carbonyl (C=O) groups is 1. The third kappa shape index (κ3) is 2.91. The van der Waals surface area contributed by atoms with Gasteiger partial charge in [0.15, 0.2) is 15.6 Å². The molecule has 0 N–H and O–H groups in total. The zero-order valence-electron chi connectivity index (χ0n) is 12.6. The fraction of sp³-hybridized carbons (Fsp3) is 0.562. The van der Waals surface area contributed by atoms with Gasteiger partial charge in [0.2, 0.25) is 0 Å². The van der Waals surface area contributed by atoms with E-state index in [9.17, 15) is 26.4 Å². The van der Waals surface area contributed by atoms with E-state index in [0.717, 1.165) is 12.1 Å². The summed E-state index contributed by atoms with van der Waals surface area (Å²) < 4.78 is 62.8. The number of hydrogen-bond donors (Lipinski definition) is 0. The van der Waals surface area contributed by atoms with Crippen LogP contribution in [0.5, 0.6) is 0 Å². The molecule has 0 aliphatic carbocycles. The highest BCUT2D eigenvalue weighted by molar-refractivity contribution is 7.93. The molecular formula is C16H17F3O3S. The maximum Gasteiger partial charge on any atom is 0.416 e. The van der Waals surface area contributed by atoms with Crippen molar-refractivity contribution in [1.82, 2.24) is 0 Å². The number of carbonyl (C=O) groups excluding carboxylic acids is 1. The van der Waals surface area contributed by atoms with Crippen LogP contribution in [0.2, 0.25) is 0 Å². The third-order valence-corrected chi connectivity index (χ3v) is 7.61. The molecule has 23 heavy (non-hydrogen) atoms. The number of sulfone groups is 1. The predicted molar refractivity (Wildman–Crippen MR) is 79.0 cm³/mol. The third-order valence-electron chi connectivity index (χ3n) is 4.89. The number of Topliss-reactive ketones (excluding diaryl/α,β-unsaturated/α-hetero) is 1. The van der Waals surface area contributed by atoms with Gasteiger partial charge in [0, 0.05) is 11.5 Å². The first kappa shape index (κ1) is 16.5. The molecule has 0 amide bonds. The molecule has 2 aliphatic rings. The molecule has 3 rings (SSSR count). The van der Waals surface area contributed by atoms with Crippen LogP contribution >= 0.6 is 0 Å². The summed E-state index contributed by atoms with van der Waals surface area (Å²) in [6.45, 7) is 1.51. The fourth-order valence-electron chi connectivity index (χ4n) is 3.75. The van der Waals surface area contributed by atoms with Gasteiger partial charge < -0.3 is 0 Å². The quantitative estimate of drug-likeness (QED) is 0.770. The van der Waals surface area contributed by atoms with Crippen LogP contribution in [0.4, 0.5) is 13.2 Å². The number of halogens is 3.